The molecule has 26 heavy (non-hydrogen) atoms. The molecule has 4 rings (SSSR count). The van der Waals surface area contributed by atoms with Crippen LogP contribution < -0.4 is 15.0 Å². The molecule has 0 spiro atoms. The fraction of sp³-hybridized carbons (Fsp3) is 0.381. The van der Waals surface area contributed by atoms with Crippen molar-refractivity contribution in [2.45, 2.75) is 6.42 Å². The molecule has 5 heteroatoms. The number of para-hydroxylation sites is 2. The van der Waals surface area contributed by atoms with Gasteiger partial charge in [0.25, 0.3) is 5.91 Å². The maximum atomic E-state index is 12.8. The first-order chi connectivity index (χ1) is 12.8. The van der Waals surface area contributed by atoms with Gasteiger partial charge in [-0.3, -0.25) is 4.79 Å². The van der Waals surface area contributed by atoms with Crippen molar-refractivity contribution < 1.29 is 14.3 Å². The molecule has 2 aliphatic rings. The average molecular weight is 352 g/mol. The van der Waals surface area contributed by atoms with Crippen LogP contribution in [0.2, 0.25) is 0 Å². The molecule has 0 unspecified atom stereocenters. The molecule has 0 radical (unpaired) electrons. The van der Waals surface area contributed by atoms with Crippen LogP contribution in [0.4, 0.5) is 5.69 Å². The third-order valence-corrected chi connectivity index (χ3v) is 5.01. The number of fused-ring (bicyclic) bond motifs is 1. The Morgan fingerprint density at radius 2 is 1.85 bits per heavy atom. The highest BCUT2D eigenvalue weighted by Gasteiger charge is 2.22. The van der Waals surface area contributed by atoms with E-state index >= 15 is 0 Å². The lowest BCUT2D eigenvalue weighted by atomic mass is 9.96. The van der Waals surface area contributed by atoms with Crippen LogP contribution in [0, 0.1) is 5.92 Å². The van der Waals surface area contributed by atoms with E-state index in [0.717, 1.165) is 36.5 Å². The Morgan fingerprint density at radius 3 is 2.73 bits per heavy atom. The molecular weight excluding hydrogens is 328 g/mol. The summed E-state index contributed by atoms with van der Waals surface area (Å²) >= 11 is 0. The summed E-state index contributed by atoms with van der Waals surface area (Å²) in [5, 5.41) is 3.10. The number of ether oxygens (including phenoxy) is 2. The highest BCUT2D eigenvalue weighted by molar-refractivity contribution is 5.99. The summed E-state index contributed by atoms with van der Waals surface area (Å²) in [4.78, 5) is 15.0. The molecule has 0 saturated carbocycles. The second-order valence-corrected chi connectivity index (χ2v) is 6.82. The fourth-order valence-corrected chi connectivity index (χ4v) is 3.60. The Labute approximate surface area is 153 Å². The standard InChI is InChI=1S/C21H24N2O3/c24-21(18-6-2-3-7-19(18)23-9-11-25-12-10-23)22-14-16-13-17-5-1-4-8-20(17)26-15-16/h1-8,16H,9-15H2,(H,22,24)/t16-/m0/s1. The topological polar surface area (TPSA) is 50.8 Å². The fourth-order valence-electron chi connectivity index (χ4n) is 3.60. The van der Waals surface area contributed by atoms with E-state index in [1.54, 1.807) is 0 Å². The van der Waals surface area contributed by atoms with E-state index in [9.17, 15) is 4.79 Å². The molecule has 136 valence electrons. The first kappa shape index (κ1) is 16.9. The Hall–Kier alpha value is -2.53. The van der Waals surface area contributed by atoms with Gasteiger partial charge in [-0.25, -0.2) is 0 Å². The number of anilines is 1. The molecule has 2 aliphatic heterocycles. The van der Waals surface area contributed by atoms with Crippen LogP contribution in [-0.2, 0) is 11.2 Å². The van der Waals surface area contributed by atoms with Crippen molar-refractivity contribution in [1.29, 1.82) is 0 Å². The van der Waals surface area contributed by atoms with Crippen molar-refractivity contribution in [2.24, 2.45) is 5.92 Å². The number of carbonyl (C=O) groups excluding carboxylic acids is 1. The second-order valence-electron chi connectivity index (χ2n) is 6.82. The number of nitrogens with zero attached hydrogens (tertiary/aromatic N) is 1. The summed E-state index contributed by atoms with van der Waals surface area (Å²) in [5.74, 6) is 1.24. The lowest BCUT2D eigenvalue weighted by molar-refractivity contribution is 0.0937. The maximum absolute atomic E-state index is 12.8. The van der Waals surface area contributed by atoms with Crippen molar-refractivity contribution in [1.82, 2.24) is 5.32 Å². The van der Waals surface area contributed by atoms with Crippen LogP contribution in [0.3, 0.4) is 0 Å². The van der Waals surface area contributed by atoms with Crippen LogP contribution in [0.5, 0.6) is 5.75 Å². The van der Waals surface area contributed by atoms with E-state index in [-0.39, 0.29) is 5.91 Å². The summed E-state index contributed by atoms with van der Waals surface area (Å²) in [6.07, 6.45) is 0.932. The molecule has 2 aromatic carbocycles. The molecule has 0 aliphatic carbocycles. The third-order valence-electron chi connectivity index (χ3n) is 5.01. The lowest BCUT2D eigenvalue weighted by Gasteiger charge is -2.30. The summed E-state index contributed by atoms with van der Waals surface area (Å²) in [6, 6.07) is 15.9. The van der Waals surface area contributed by atoms with Crippen LogP contribution in [0.25, 0.3) is 0 Å². The minimum Gasteiger partial charge on any atom is -0.493 e. The highest BCUT2D eigenvalue weighted by atomic mass is 16.5. The van der Waals surface area contributed by atoms with Crippen molar-refractivity contribution in [2.75, 3.05) is 44.4 Å². The summed E-state index contributed by atoms with van der Waals surface area (Å²) in [5.41, 5.74) is 2.93. The largest absolute Gasteiger partial charge is 0.493 e. The van der Waals surface area contributed by atoms with Gasteiger partial charge < -0.3 is 19.7 Å². The number of carbonyl (C=O) groups is 1. The second kappa shape index (κ2) is 7.79. The van der Waals surface area contributed by atoms with Crippen LogP contribution >= 0.6 is 0 Å². The number of rotatable bonds is 4. The van der Waals surface area contributed by atoms with Gasteiger partial charge in [0.05, 0.1) is 25.4 Å². The summed E-state index contributed by atoms with van der Waals surface area (Å²) < 4.78 is 11.2. The number of nitrogens with one attached hydrogen (secondary N) is 1. The van der Waals surface area contributed by atoms with E-state index in [2.05, 4.69) is 16.3 Å². The first-order valence-corrected chi connectivity index (χ1v) is 9.22. The number of morpholine rings is 1. The van der Waals surface area contributed by atoms with Gasteiger partial charge in [-0.1, -0.05) is 30.3 Å². The minimum absolute atomic E-state index is 0.0223. The molecule has 1 saturated heterocycles. The molecule has 0 bridgehead atoms. The molecule has 2 aromatic rings. The number of amides is 1. The molecule has 5 nitrogen and oxygen atoms in total. The van der Waals surface area contributed by atoms with Crippen molar-refractivity contribution in [3.63, 3.8) is 0 Å². The van der Waals surface area contributed by atoms with E-state index in [0.29, 0.717) is 32.3 Å². The summed E-state index contributed by atoms with van der Waals surface area (Å²) in [7, 11) is 0. The zero-order valence-electron chi connectivity index (χ0n) is 14.8. The molecular formula is C21H24N2O3. The molecule has 1 fully saturated rings. The minimum atomic E-state index is -0.0223. The molecule has 2 heterocycles. The number of hydrogen-bond donors (Lipinski definition) is 1. The van der Waals surface area contributed by atoms with Gasteiger partial charge in [-0.2, -0.15) is 0 Å². The normalized spacial score (nSPS) is 19.4. The predicted molar refractivity (Wildman–Crippen MR) is 101 cm³/mol. The number of benzene rings is 2. The monoisotopic (exact) mass is 352 g/mol. The van der Waals surface area contributed by atoms with Gasteiger partial charge in [0.2, 0.25) is 0 Å². The van der Waals surface area contributed by atoms with Gasteiger partial charge in [0, 0.05) is 31.2 Å². The molecule has 1 atom stereocenters. The third kappa shape index (κ3) is 3.68. The van der Waals surface area contributed by atoms with E-state index in [1.165, 1.54) is 5.56 Å². The molecule has 0 aromatic heterocycles. The Morgan fingerprint density at radius 1 is 1.08 bits per heavy atom. The smallest absolute Gasteiger partial charge is 0.253 e. The van der Waals surface area contributed by atoms with Gasteiger partial charge in [0.1, 0.15) is 5.75 Å². The van der Waals surface area contributed by atoms with Gasteiger partial charge in [-0.15, -0.1) is 0 Å². The zero-order chi connectivity index (χ0) is 17.8. The first-order valence-electron chi connectivity index (χ1n) is 9.22. The summed E-state index contributed by atoms with van der Waals surface area (Å²) in [6.45, 7) is 4.30. The van der Waals surface area contributed by atoms with E-state index in [1.807, 2.05) is 42.5 Å². The highest BCUT2D eigenvalue weighted by Crippen LogP contribution is 2.27. The SMILES string of the molecule is O=C(NC[C@H]1COc2ccccc2C1)c1ccccc1N1CCOCC1. The lowest BCUT2D eigenvalue weighted by Crippen LogP contribution is -2.39. The Kier molecular flexibility index (Phi) is 5.07. The van der Waals surface area contributed by atoms with Gasteiger partial charge in [0.15, 0.2) is 0 Å². The van der Waals surface area contributed by atoms with Crippen molar-refractivity contribution >= 4 is 11.6 Å². The zero-order valence-corrected chi connectivity index (χ0v) is 14.8. The van der Waals surface area contributed by atoms with Crippen LogP contribution in [0.15, 0.2) is 48.5 Å². The Balaban J connectivity index is 1.40. The maximum Gasteiger partial charge on any atom is 0.253 e. The molecule has 1 amide bonds. The van der Waals surface area contributed by atoms with E-state index < -0.39 is 0 Å². The Bertz CT molecular complexity index is 771. The van der Waals surface area contributed by atoms with Crippen molar-refractivity contribution in [3.8, 4) is 5.75 Å². The number of hydrogen-bond acceptors (Lipinski definition) is 4. The average Bonchev–Trinajstić information content (AvgIpc) is 2.72. The van der Waals surface area contributed by atoms with Crippen LogP contribution in [-0.4, -0.2) is 45.4 Å². The quantitative estimate of drug-likeness (QED) is 0.919. The van der Waals surface area contributed by atoms with Crippen molar-refractivity contribution in [3.05, 3.63) is 59.7 Å². The van der Waals surface area contributed by atoms with Crippen LogP contribution in [0.1, 0.15) is 15.9 Å². The van der Waals surface area contributed by atoms with Gasteiger partial charge >= 0.3 is 0 Å². The van der Waals surface area contributed by atoms with E-state index in [4.69, 9.17) is 9.47 Å². The molecule has 1 N–H and O–H groups in total. The predicted octanol–water partition coefficient (Wildman–Crippen LogP) is 2.50. The van der Waals surface area contributed by atoms with Gasteiger partial charge in [-0.05, 0) is 30.2 Å².